The number of esters is 1. The first kappa shape index (κ1) is 24.0. The molecule has 0 saturated carbocycles. The summed E-state index contributed by atoms with van der Waals surface area (Å²) in [7, 11) is 0. The van der Waals surface area contributed by atoms with E-state index >= 15 is 0 Å². The van der Waals surface area contributed by atoms with Gasteiger partial charge in [0.05, 0.1) is 11.5 Å². The van der Waals surface area contributed by atoms with Gasteiger partial charge in [-0.2, -0.15) is 0 Å². The molecule has 3 aromatic carbocycles. The minimum Gasteiger partial charge on any atom is -0.490 e. The first-order chi connectivity index (χ1) is 16.8. The van der Waals surface area contributed by atoms with Crippen LogP contribution in [-0.4, -0.2) is 23.4 Å². The van der Waals surface area contributed by atoms with Crippen LogP contribution in [0.1, 0.15) is 29.2 Å². The highest BCUT2D eigenvalue weighted by molar-refractivity contribution is 6.32. The Balaban J connectivity index is 1.57. The molecule has 0 fully saturated rings. The third kappa shape index (κ3) is 5.67. The molecule has 0 aromatic heterocycles. The summed E-state index contributed by atoms with van der Waals surface area (Å²) >= 11 is 5.86. The molecule has 0 bridgehead atoms. The van der Waals surface area contributed by atoms with Crippen LogP contribution in [0.25, 0.3) is 6.08 Å². The van der Waals surface area contributed by atoms with Gasteiger partial charge in [-0.25, -0.2) is 9.79 Å². The lowest BCUT2D eigenvalue weighted by molar-refractivity contribution is -0.384. The van der Waals surface area contributed by atoms with E-state index in [-0.39, 0.29) is 27.9 Å². The van der Waals surface area contributed by atoms with E-state index in [2.05, 4.69) is 4.99 Å². The normalized spacial score (nSPS) is 14.0. The summed E-state index contributed by atoms with van der Waals surface area (Å²) < 4.78 is 16.9. The number of cyclic esters (lactones) is 1. The van der Waals surface area contributed by atoms with E-state index in [1.807, 2.05) is 38.1 Å². The molecule has 0 spiro atoms. The molecule has 9 heteroatoms. The van der Waals surface area contributed by atoms with Gasteiger partial charge >= 0.3 is 5.97 Å². The Morgan fingerprint density at radius 1 is 1.06 bits per heavy atom. The molecule has 0 N–H and O–H groups in total. The monoisotopic (exact) mass is 492 g/mol. The molecule has 1 heterocycles. The number of halogens is 1. The van der Waals surface area contributed by atoms with E-state index in [9.17, 15) is 14.9 Å². The highest BCUT2D eigenvalue weighted by atomic mass is 35.5. The number of nitro groups is 1. The second-order valence-electron chi connectivity index (χ2n) is 7.67. The van der Waals surface area contributed by atoms with Crippen LogP contribution in [0.4, 0.5) is 5.69 Å². The van der Waals surface area contributed by atoms with E-state index in [0.717, 1.165) is 5.56 Å². The minimum absolute atomic E-state index is 0.0208. The topological polar surface area (TPSA) is 100 Å². The van der Waals surface area contributed by atoms with Crippen molar-refractivity contribution in [3.63, 3.8) is 0 Å². The lowest BCUT2D eigenvalue weighted by atomic mass is 10.1. The summed E-state index contributed by atoms with van der Waals surface area (Å²) in [6.07, 6.45) is 1.55. The fourth-order valence-electron chi connectivity index (χ4n) is 3.32. The van der Waals surface area contributed by atoms with Crippen LogP contribution < -0.4 is 9.47 Å². The Kier molecular flexibility index (Phi) is 7.12. The number of aliphatic imine (C=N–C) groups is 1. The third-order valence-corrected chi connectivity index (χ3v) is 5.42. The molecule has 8 nitrogen and oxygen atoms in total. The van der Waals surface area contributed by atoms with Crippen LogP contribution in [0.15, 0.2) is 71.4 Å². The van der Waals surface area contributed by atoms with Crippen molar-refractivity contribution in [1.82, 2.24) is 0 Å². The Bertz CT molecular complexity index is 1350. The number of ether oxygens (including phenoxy) is 3. The maximum Gasteiger partial charge on any atom is 0.363 e. The Hall–Kier alpha value is -4.17. The summed E-state index contributed by atoms with van der Waals surface area (Å²) in [5, 5.41) is 11.1. The predicted octanol–water partition coefficient (Wildman–Crippen LogP) is 5.88. The molecule has 35 heavy (non-hydrogen) atoms. The molecule has 1 aliphatic heterocycles. The molecule has 4 rings (SSSR count). The molecule has 0 saturated heterocycles. The van der Waals surface area contributed by atoms with Gasteiger partial charge in [0.2, 0.25) is 5.90 Å². The SMILES string of the molecule is CCOc1cc(/C=C2\N=C(c3ccc(Cl)c([N+](=O)[O-])c3)OC2=O)ccc1OCc1ccc(C)cc1. The van der Waals surface area contributed by atoms with Crippen LogP contribution in [0, 0.1) is 17.0 Å². The van der Waals surface area contributed by atoms with Crippen LogP contribution in [0.5, 0.6) is 11.5 Å². The number of nitro benzene ring substituents is 1. The lowest BCUT2D eigenvalue weighted by Crippen LogP contribution is -2.06. The van der Waals surface area contributed by atoms with E-state index in [0.29, 0.717) is 30.3 Å². The number of hydrogen-bond acceptors (Lipinski definition) is 7. The highest BCUT2D eigenvalue weighted by Crippen LogP contribution is 2.31. The first-order valence-corrected chi connectivity index (χ1v) is 11.1. The molecule has 0 unspecified atom stereocenters. The molecule has 3 aromatic rings. The summed E-state index contributed by atoms with van der Waals surface area (Å²) in [6, 6.07) is 17.4. The van der Waals surface area contributed by atoms with E-state index < -0.39 is 10.9 Å². The summed E-state index contributed by atoms with van der Waals surface area (Å²) in [5.41, 5.74) is 2.87. The third-order valence-electron chi connectivity index (χ3n) is 5.10. The van der Waals surface area contributed by atoms with Gasteiger partial charge in [0.15, 0.2) is 17.2 Å². The van der Waals surface area contributed by atoms with Gasteiger partial charge in [-0.1, -0.05) is 47.5 Å². The van der Waals surface area contributed by atoms with Crippen LogP contribution in [-0.2, 0) is 16.1 Å². The van der Waals surface area contributed by atoms with Crippen molar-refractivity contribution in [3.05, 3.63) is 104 Å². The standard InChI is InChI=1S/C26H21ClN2O6/c1-3-33-24-13-18(8-11-23(24)34-15-17-6-4-16(2)5-7-17)12-21-26(30)35-25(28-21)19-9-10-20(27)22(14-19)29(31)32/h4-14H,3,15H2,1-2H3/b21-12-. The minimum atomic E-state index is -0.671. The second kappa shape index (κ2) is 10.4. The maximum atomic E-state index is 12.4. The van der Waals surface area contributed by atoms with Crippen molar-refractivity contribution in [3.8, 4) is 11.5 Å². The van der Waals surface area contributed by atoms with Gasteiger partial charge in [-0.15, -0.1) is 0 Å². The quantitative estimate of drug-likeness (QED) is 0.168. The Morgan fingerprint density at radius 2 is 1.83 bits per heavy atom. The van der Waals surface area contributed by atoms with Gasteiger partial charge in [-0.05, 0) is 55.3 Å². The molecular formula is C26H21ClN2O6. The smallest absolute Gasteiger partial charge is 0.363 e. The van der Waals surface area contributed by atoms with E-state index in [1.54, 1.807) is 24.3 Å². The predicted molar refractivity (Wildman–Crippen MR) is 132 cm³/mol. The molecule has 178 valence electrons. The van der Waals surface area contributed by atoms with Crippen molar-refractivity contribution in [1.29, 1.82) is 0 Å². The van der Waals surface area contributed by atoms with Gasteiger partial charge in [0.25, 0.3) is 5.69 Å². The van der Waals surface area contributed by atoms with Gasteiger partial charge < -0.3 is 14.2 Å². The number of carbonyl (C=O) groups is 1. The molecule has 1 aliphatic rings. The zero-order valence-electron chi connectivity index (χ0n) is 19.0. The highest BCUT2D eigenvalue weighted by Gasteiger charge is 2.26. The Labute approximate surface area is 206 Å². The van der Waals surface area contributed by atoms with Crippen molar-refractivity contribution in [2.24, 2.45) is 4.99 Å². The Morgan fingerprint density at radius 3 is 2.54 bits per heavy atom. The van der Waals surface area contributed by atoms with Crippen LogP contribution in [0.3, 0.4) is 0 Å². The van der Waals surface area contributed by atoms with Gasteiger partial charge in [-0.3, -0.25) is 10.1 Å². The van der Waals surface area contributed by atoms with Crippen LogP contribution >= 0.6 is 11.6 Å². The second-order valence-corrected chi connectivity index (χ2v) is 8.08. The molecule has 0 aliphatic carbocycles. The zero-order chi connectivity index (χ0) is 24.9. The van der Waals surface area contributed by atoms with E-state index in [4.69, 9.17) is 25.8 Å². The summed E-state index contributed by atoms with van der Waals surface area (Å²) in [5.74, 6) is 0.387. The number of aryl methyl sites for hydroxylation is 1. The average Bonchev–Trinajstić information content (AvgIpc) is 3.20. The molecular weight excluding hydrogens is 472 g/mol. The van der Waals surface area contributed by atoms with Crippen LogP contribution in [0.2, 0.25) is 5.02 Å². The zero-order valence-corrected chi connectivity index (χ0v) is 19.7. The number of nitrogens with zero attached hydrogens (tertiary/aromatic N) is 2. The van der Waals surface area contributed by atoms with E-state index in [1.165, 1.54) is 23.8 Å². The van der Waals surface area contributed by atoms with Gasteiger partial charge in [0, 0.05) is 11.6 Å². The number of benzene rings is 3. The molecule has 0 amide bonds. The average molecular weight is 493 g/mol. The number of rotatable bonds is 8. The van der Waals surface area contributed by atoms with Crippen molar-refractivity contribution < 1.29 is 23.9 Å². The number of hydrogen-bond donors (Lipinski definition) is 0. The fourth-order valence-corrected chi connectivity index (χ4v) is 3.51. The largest absolute Gasteiger partial charge is 0.490 e. The summed E-state index contributed by atoms with van der Waals surface area (Å²) in [4.78, 5) is 27.1. The number of carbonyl (C=O) groups excluding carboxylic acids is 1. The maximum absolute atomic E-state index is 12.4. The lowest BCUT2D eigenvalue weighted by Gasteiger charge is -2.13. The molecule has 0 atom stereocenters. The van der Waals surface area contributed by atoms with Gasteiger partial charge in [0.1, 0.15) is 11.6 Å². The first-order valence-electron chi connectivity index (χ1n) is 10.8. The van der Waals surface area contributed by atoms with Crippen molar-refractivity contribution in [2.45, 2.75) is 20.5 Å². The summed E-state index contributed by atoms with van der Waals surface area (Å²) in [6.45, 7) is 4.71. The van der Waals surface area contributed by atoms with Crippen molar-refractivity contribution in [2.75, 3.05) is 6.61 Å². The fraction of sp³-hybridized carbons (Fsp3) is 0.154. The molecule has 0 radical (unpaired) electrons. The van der Waals surface area contributed by atoms with Crippen molar-refractivity contribution >= 4 is 35.2 Å².